The summed E-state index contributed by atoms with van der Waals surface area (Å²) < 4.78 is 51.9. The zero-order valence-corrected chi connectivity index (χ0v) is 13.2. The number of aryl methyl sites for hydroxylation is 1. The van der Waals surface area contributed by atoms with E-state index in [1.165, 1.54) is 27.0 Å². The third-order valence-corrected chi connectivity index (χ3v) is 3.91. The number of aromatic nitrogens is 1. The number of fused-ring (bicyclic) bond motifs is 1. The molecule has 2 aromatic rings. The Labute approximate surface area is 135 Å². The Morgan fingerprint density at radius 1 is 1.25 bits per heavy atom. The number of rotatable bonds is 2. The fraction of sp³-hybridized carbons (Fsp3) is 0.312. The van der Waals surface area contributed by atoms with Gasteiger partial charge in [0, 0.05) is 28.4 Å². The van der Waals surface area contributed by atoms with Gasteiger partial charge in [-0.25, -0.2) is 4.79 Å². The van der Waals surface area contributed by atoms with E-state index in [-0.39, 0.29) is 22.3 Å². The summed E-state index contributed by atoms with van der Waals surface area (Å²) in [5.74, 6) is -0.658. The minimum atomic E-state index is -4.87. The maximum Gasteiger partial charge on any atom is 0.453 e. The molecule has 0 radical (unpaired) electrons. The summed E-state index contributed by atoms with van der Waals surface area (Å²) in [5.41, 5.74) is -2.36. The number of cyclic esters (lactones) is 1. The molecule has 0 fully saturated rings. The molecule has 1 aliphatic rings. The van der Waals surface area contributed by atoms with Crippen molar-refractivity contribution >= 4 is 16.9 Å². The molecule has 5 nitrogen and oxygen atoms in total. The van der Waals surface area contributed by atoms with Crippen molar-refractivity contribution in [3.8, 4) is 5.75 Å². The fourth-order valence-corrected chi connectivity index (χ4v) is 2.97. The Kier molecular flexibility index (Phi) is 3.51. The van der Waals surface area contributed by atoms with Crippen LogP contribution >= 0.6 is 0 Å². The molecule has 1 aromatic heterocycles. The van der Waals surface area contributed by atoms with Gasteiger partial charge in [0.25, 0.3) is 0 Å². The first-order valence-electron chi connectivity index (χ1n) is 7.11. The first-order chi connectivity index (χ1) is 11.2. The van der Waals surface area contributed by atoms with E-state index in [4.69, 9.17) is 9.47 Å². The summed E-state index contributed by atoms with van der Waals surface area (Å²) in [6, 6.07) is 4.72. The zero-order chi connectivity index (χ0) is 17.7. The number of benzene rings is 1. The number of alkyl halides is 3. The Balaban J connectivity index is 2.34. The van der Waals surface area contributed by atoms with Gasteiger partial charge in [-0.2, -0.15) is 13.2 Å². The number of ether oxygens (including phenoxy) is 2. The molecule has 1 aliphatic heterocycles. The number of hydrogen-bond donors (Lipinski definition) is 2. The van der Waals surface area contributed by atoms with Gasteiger partial charge < -0.3 is 19.8 Å². The first-order valence-corrected chi connectivity index (χ1v) is 7.11. The lowest BCUT2D eigenvalue weighted by Crippen LogP contribution is -2.58. The Morgan fingerprint density at radius 2 is 1.96 bits per heavy atom. The van der Waals surface area contributed by atoms with Crippen molar-refractivity contribution in [3.05, 3.63) is 41.2 Å². The monoisotopic (exact) mass is 340 g/mol. The number of carbonyl (C=O) groups excluding carboxylic acids is 1. The van der Waals surface area contributed by atoms with E-state index in [9.17, 15) is 18.0 Å². The van der Waals surface area contributed by atoms with Gasteiger partial charge in [0.1, 0.15) is 5.75 Å². The van der Waals surface area contributed by atoms with E-state index in [0.717, 1.165) is 6.08 Å². The molecule has 0 saturated carbocycles. The molecule has 128 valence electrons. The molecule has 1 aromatic carbocycles. The van der Waals surface area contributed by atoms with E-state index in [2.05, 4.69) is 10.3 Å². The van der Waals surface area contributed by atoms with Gasteiger partial charge in [0.2, 0.25) is 0 Å². The van der Waals surface area contributed by atoms with E-state index in [0.29, 0.717) is 11.3 Å². The molecular formula is C16H15F3N2O3. The maximum absolute atomic E-state index is 14.0. The average Bonchev–Trinajstić information content (AvgIpc) is 2.79. The Morgan fingerprint density at radius 3 is 2.54 bits per heavy atom. The number of allylic oxidation sites excluding steroid dienone is 1. The molecule has 24 heavy (non-hydrogen) atoms. The molecule has 8 heteroatoms. The third-order valence-electron chi connectivity index (χ3n) is 3.91. The van der Waals surface area contributed by atoms with Crippen molar-refractivity contribution < 1.29 is 27.4 Å². The van der Waals surface area contributed by atoms with Crippen LogP contribution in [0.3, 0.4) is 0 Å². The van der Waals surface area contributed by atoms with Crippen LogP contribution in [0.2, 0.25) is 0 Å². The molecule has 1 unspecified atom stereocenters. The highest BCUT2D eigenvalue weighted by Gasteiger charge is 2.62. The zero-order valence-electron chi connectivity index (χ0n) is 13.2. The van der Waals surface area contributed by atoms with Crippen molar-refractivity contribution in [1.29, 1.82) is 0 Å². The number of nitrogens with one attached hydrogen (secondary N) is 2. The SMILES string of the molecule is COc1ccc2[nH]c(C)c(C3(C(F)(F)F)NC(C)=CC(=O)O3)c2c1. The predicted molar refractivity (Wildman–Crippen MR) is 80.3 cm³/mol. The van der Waals surface area contributed by atoms with Gasteiger partial charge in [0.15, 0.2) is 0 Å². The van der Waals surface area contributed by atoms with Crippen LogP contribution in [0.5, 0.6) is 5.75 Å². The van der Waals surface area contributed by atoms with Gasteiger partial charge in [0.05, 0.1) is 12.7 Å². The molecule has 3 rings (SSSR count). The second-order valence-corrected chi connectivity index (χ2v) is 5.59. The van der Waals surface area contributed by atoms with Crippen molar-refractivity contribution in [2.24, 2.45) is 0 Å². The lowest BCUT2D eigenvalue weighted by atomic mass is 9.96. The molecule has 1 atom stereocenters. The molecule has 0 saturated heterocycles. The lowest BCUT2D eigenvalue weighted by Gasteiger charge is -2.39. The number of H-pyrrole nitrogens is 1. The quantitative estimate of drug-likeness (QED) is 0.824. The number of esters is 1. The summed E-state index contributed by atoms with van der Waals surface area (Å²) in [7, 11) is 1.42. The molecule has 0 amide bonds. The van der Waals surface area contributed by atoms with Crippen LogP contribution < -0.4 is 10.1 Å². The highest BCUT2D eigenvalue weighted by molar-refractivity contribution is 5.89. The van der Waals surface area contributed by atoms with Crippen molar-refractivity contribution in [3.63, 3.8) is 0 Å². The number of aromatic amines is 1. The fourth-order valence-electron chi connectivity index (χ4n) is 2.97. The van der Waals surface area contributed by atoms with Gasteiger partial charge >= 0.3 is 17.9 Å². The van der Waals surface area contributed by atoms with Crippen LogP contribution in [0.15, 0.2) is 30.0 Å². The van der Waals surface area contributed by atoms with Crippen LogP contribution in [0.1, 0.15) is 18.2 Å². The molecular weight excluding hydrogens is 325 g/mol. The number of methoxy groups -OCH3 is 1. The molecule has 0 bridgehead atoms. The van der Waals surface area contributed by atoms with Crippen molar-refractivity contribution in [2.75, 3.05) is 7.11 Å². The predicted octanol–water partition coefficient (Wildman–Crippen LogP) is 3.25. The minimum absolute atomic E-state index is 0.0696. The Hall–Kier alpha value is -2.64. The highest BCUT2D eigenvalue weighted by Crippen LogP contribution is 2.46. The van der Waals surface area contributed by atoms with Crippen molar-refractivity contribution in [2.45, 2.75) is 25.7 Å². The first kappa shape index (κ1) is 16.2. The number of carbonyl (C=O) groups is 1. The van der Waals surface area contributed by atoms with Crippen LogP contribution in [0.4, 0.5) is 13.2 Å². The van der Waals surface area contributed by atoms with Gasteiger partial charge in [-0.1, -0.05) is 0 Å². The normalized spacial score (nSPS) is 21.2. The van der Waals surface area contributed by atoms with E-state index >= 15 is 0 Å². The van der Waals surface area contributed by atoms with Gasteiger partial charge in [-0.15, -0.1) is 0 Å². The third kappa shape index (κ3) is 2.29. The van der Waals surface area contributed by atoms with Crippen LogP contribution in [-0.2, 0) is 15.3 Å². The Bertz CT molecular complexity index is 854. The standard InChI is InChI=1S/C16H15F3N2O3/c1-8-6-13(22)24-15(21-8,16(17,18)19)14-9(2)20-12-5-4-10(23-3)7-11(12)14/h4-7,20-21H,1-3H3. The number of halogens is 3. The van der Waals surface area contributed by atoms with Crippen LogP contribution in [0, 0.1) is 6.92 Å². The summed E-state index contributed by atoms with van der Waals surface area (Å²) in [4.78, 5) is 14.6. The lowest BCUT2D eigenvalue weighted by molar-refractivity contribution is -0.285. The second kappa shape index (κ2) is 5.19. The summed E-state index contributed by atoms with van der Waals surface area (Å²) >= 11 is 0. The maximum atomic E-state index is 14.0. The summed E-state index contributed by atoms with van der Waals surface area (Å²) in [6.45, 7) is 2.88. The summed E-state index contributed by atoms with van der Waals surface area (Å²) in [5, 5.41) is 2.57. The van der Waals surface area contributed by atoms with Gasteiger partial charge in [-0.05, 0) is 32.0 Å². The number of hydrogen-bond acceptors (Lipinski definition) is 4. The second-order valence-electron chi connectivity index (χ2n) is 5.59. The molecule has 2 heterocycles. The topological polar surface area (TPSA) is 63.3 Å². The molecule has 0 aliphatic carbocycles. The van der Waals surface area contributed by atoms with Crippen LogP contribution in [-0.4, -0.2) is 24.2 Å². The molecule has 0 spiro atoms. The largest absolute Gasteiger partial charge is 0.497 e. The van der Waals surface area contributed by atoms with E-state index in [1.54, 1.807) is 12.1 Å². The highest BCUT2D eigenvalue weighted by atomic mass is 19.4. The van der Waals surface area contributed by atoms with Crippen LogP contribution in [0.25, 0.3) is 10.9 Å². The van der Waals surface area contributed by atoms with Crippen molar-refractivity contribution in [1.82, 2.24) is 10.3 Å². The molecule has 2 N–H and O–H groups in total. The minimum Gasteiger partial charge on any atom is -0.497 e. The van der Waals surface area contributed by atoms with E-state index < -0.39 is 17.9 Å². The van der Waals surface area contributed by atoms with Gasteiger partial charge in [-0.3, -0.25) is 0 Å². The summed E-state index contributed by atoms with van der Waals surface area (Å²) in [6.07, 6.45) is -3.89. The van der Waals surface area contributed by atoms with E-state index in [1.807, 2.05) is 0 Å². The average molecular weight is 340 g/mol. The smallest absolute Gasteiger partial charge is 0.453 e.